The van der Waals surface area contributed by atoms with Crippen LogP contribution in [0.15, 0.2) is 12.3 Å². The quantitative estimate of drug-likeness (QED) is 0.824. The highest BCUT2D eigenvalue weighted by Crippen LogP contribution is 2.32. The summed E-state index contributed by atoms with van der Waals surface area (Å²) in [6.07, 6.45) is 5.10. The number of fused-ring (bicyclic) bond motifs is 1. The number of aryl methyl sites for hydroxylation is 1. The fraction of sp³-hybridized carbons (Fsp3) is 0.600. The summed E-state index contributed by atoms with van der Waals surface area (Å²) in [4.78, 5) is 23.4. The van der Waals surface area contributed by atoms with E-state index in [0.717, 1.165) is 56.6 Å². The molecular formula is C20H28N6O. The van der Waals surface area contributed by atoms with Crippen molar-refractivity contribution in [3.8, 4) is 5.88 Å². The minimum absolute atomic E-state index is 0.0391. The van der Waals surface area contributed by atoms with Crippen molar-refractivity contribution in [3.05, 3.63) is 29.3 Å². The Labute approximate surface area is 160 Å². The highest BCUT2D eigenvalue weighted by atomic mass is 16.5. The van der Waals surface area contributed by atoms with Crippen LogP contribution in [0.1, 0.15) is 44.3 Å². The van der Waals surface area contributed by atoms with Gasteiger partial charge < -0.3 is 14.5 Å². The summed E-state index contributed by atoms with van der Waals surface area (Å²) in [5, 5.41) is 0. The summed E-state index contributed by atoms with van der Waals surface area (Å²) in [5.41, 5.74) is 2.57. The smallest absolute Gasteiger partial charge is 0.228 e. The number of nitrogens with zero attached hydrogens (tertiary/aromatic N) is 6. The number of piperazine rings is 1. The molecule has 2 aromatic heterocycles. The second-order valence-corrected chi connectivity index (χ2v) is 8.27. The van der Waals surface area contributed by atoms with Gasteiger partial charge in [0.25, 0.3) is 0 Å². The molecule has 1 saturated heterocycles. The summed E-state index contributed by atoms with van der Waals surface area (Å²) in [7, 11) is 1.63. The average molecular weight is 368 g/mol. The number of ether oxygens (including phenoxy) is 1. The van der Waals surface area contributed by atoms with Gasteiger partial charge in [-0.05, 0) is 19.3 Å². The zero-order valence-corrected chi connectivity index (χ0v) is 16.7. The van der Waals surface area contributed by atoms with Crippen LogP contribution in [0, 0.1) is 0 Å². The number of hydrogen-bond acceptors (Lipinski definition) is 7. The molecule has 1 fully saturated rings. The molecule has 0 aromatic carbocycles. The molecule has 0 amide bonds. The largest absolute Gasteiger partial charge is 0.481 e. The topological polar surface area (TPSA) is 67.3 Å². The zero-order chi connectivity index (χ0) is 19.0. The number of rotatable bonds is 3. The molecule has 1 aliphatic heterocycles. The molecule has 0 N–H and O–H groups in total. The Kier molecular flexibility index (Phi) is 4.61. The third-order valence-corrected chi connectivity index (χ3v) is 5.27. The van der Waals surface area contributed by atoms with Crippen LogP contribution >= 0.6 is 0 Å². The van der Waals surface area contributed by atoms with Crippen LogP contribution in [0.3, 0.4) is 0 Å². The van der Waals surface area contributed by atoms with E-state index in [0.29, 0.717) is 5.88 Å². The first kappa shape index (κ1) is 17.9. The van der Waals surface area contributed by atoms with E-state index in [2.05, 4.69) is 40.5 Å². The van der Waals surface area contributed by atoms with Crippen molar-refractivity contribution in [2.24, 2.45) is 0 Å². The molecule has 0 bridgehead atoms. The van der Waals surface area contributed by atoms with E-state index in [1.807, 2.05) is 0 Å². The maximum absolute atomic E-state index is 5.23. The van der Waals surface area contributed by atoms with Crippen LogP contribution in [0.2, 0.25) is 0 Å². The van der Waals surface area contributed by atoms with E-state index < -0.39 is 0 Å². The first-order valence-electron chi connectivity index (χ1n) is 9.73. The van der Waals surface area contributed by atoms with Gasteiger partial charge in [-0.1, -0.05) is 20.8 Å². The molecule has 4 rings (SSSR count). The molecule has 0 atom stereocenters. The zero-order valence-electron chi connectivity index (χ0n) is 16.7. The van der Waals surface area contributed by atoms with E-state index in [9.17, 15) is 0 Å². The highest BCUT2D eigenvalue weighted by molar-refractivity contribution is 5.53. The third-order valence-electron chi connectivity index (χ3n) is 5.27. The average Bonchev–Trinajstić information content (AvgIpc) is 3.15. The summed E-state index contributed by atoms with van der Waals surface area (Å²) < 4.78 is 5.23. The lowest BCUT2D eigenvalue weighted by Gasteiger charge is -2.36. The van der Waals surface area contributed by atoms with Crippen molar-refractivity contribution in [1.82, 2.24) is 19.9 Å². The third kappa shape index (κ3) is 3.55. The van der Waals surface area contributed by atoms with Crippen molar-refractivity contribution in [3.63, 3.8) is 0 Å². The van der Waals surface area contributed by atoms with Gasteiger partial charge in [-0.3, -0.25) is 0 Å². The van der Waals surface area contributed by atoms with Gasteiger partial charge >= 0.3 is 0 Å². The van der Waals surface area contributed by atoms with Crippen molar-refractivity contribution >= 4 is 11.8 Å². The Morgan fingerprint density at radius 1 is 0.963 bits per heavy atom. The molecule has 1 aliphatic carbocycles. The summed E-state index contributed by atoms with van der Waals surface area (Å²) in [6, 6.07) is 1.78. The van der Waals surface area contributed by atoms with Gasteiger partial charge in [0.05, 0.1) is 7.11 Å². The van der Waals surface area contributed by atoms with Gasteiger partial charge in [-0.2, -0.15) is 4.98 Å². The van der Waals surface area contributed by atoms with Crippen molar-refractivity contribution in [1.29, 1.82) is 0 Å². The van der Waals surface area contributed by atoms with E-state index >= 15 is 0 Å². The van der Waals surface area contributed by atoms with Crippen molar-refractivity contribution < 1.29 is 4.74 Å². The van der Waals surface area contributed by atoms with E-state index in [1.54, 1.807) is 19.4 Å². The standard InChI is InChI=1S/C20H28N6O/c1-20(2,3)18-22-15-7-5-6-14(15)17(24-18)25-10-12-26(13-11-25)19-21-9-8-16(23-19)27-4/h8-9H,5-7,10-13H2,1-4H3. The Morgan fingerprint density at radius 3 is 2.41 bits per heavy atom. The molecule has 144 valence electrons. The lowest BCUT2D eigenvalue weighted by Crippen LogP contribution is -2.48. The number of aromatic nitrogens is 4. The fourth-order valence-electron chi connectivity index (χ4n) is 3.73. The molecule has 0 spiro atoms. The van der Waals surface area contributed by atoms with Crippen LogP contribution in [-0.2, 0) is 18.3 Å². The SMILES string of the molecule is COc1ccnc(N2CCN(c3nc(C(C)(C)C)nc4c3CCC4)CC2)n1. The maximum Gasteiger partial charge on any atom is 0.228 e. The van der Waals surface area contributed by atoms with Crippen LogP contribution < -0.4 is 14.5 Å². The van der Waals surface area contributed by atoms with Crippen LogP contribution in [0.4, 0.5) is 11.8 Å². The number of hydrogen-bond donors (Lipinski definition) is 0. The first-order chi connectivity index (χ1) is 13.0. The normalized spacial score (nSPS) is 17.2. The Morgan fingerprint density at radius 2 is 1.70 bits per heavy atom. The van der Waals surface area contributed by atoms with Gasteiger partial charge in [0.1, 0.15) is 11.6 Å². The van der Waals surface area contributed by atoms with Gasteiger partial charge in [0, 0.05) is 55.1 Å². The summed E-state index contributed by atoms with van der Waals surface area (Å²) in [6.45, 7) is 10.1. The molecule has 2 aromatic rings. The molecule has 0 saturated carbocycles. The van der Waals surface area contributed by atoms with E-state index in [1.165, 1.54) is 17.7 Å². The molecule has 27 heavy (non-hydrogen) atoms. The number of methoxy groups -OCH3 is 1. The Balaban J connectivity index is 1.55. The number of anilines is 2. The Bertz CT molecular complexity index is 824. The van der Waals surface area contributed by atoms with E-state index in [4.69, 9.17) is 14.7 Å². The summed E-state index contributed by atoms with van der Waals surface area (Å²) in [5.74, 6) is 3.44. The van der Waals surface area contributed by atoms with Crippen LogP contribution in [0.5, 0.6) is 5.88 Å². The highest BCUT2D eigenvalue weighted by Gasteiger charge is 2.29. The van der Waals surface area contributed by atoms with Gasteiger partial charge in [-0.25, -0.2) is 15.0 Å². The van der Waals surface area contributed by atoms with E-state index in [-0.39, 0.29) is 5.41 Å². The maximum atomic E-state index is 5.23. The van der Waals surface area contributed by atoms with Gasteiger partial charge in [0.15, 0.2) is 0 Å². The fourth-order valence-corrected chi connectivity index (χ4v) is 3.73. The van der Waals surface area contributed by atoms with Crippen molar-refractivity contribution in [2.75, 3.05) is 43.1 Å². The summed E-state index contributed by atoms with van der Waals surface area (Å²) >= 11 is 0. The lowest BCUT2D eigenvalue weighted by atomic mass is 9.95. The minimum Gasteiger partial charge on any atom is -0.481 e. The van der Waals surface area contributed by atoms with Gasteiger partial charge in [-0.15, -0.1) is 0 Å². The molecule has 0 unspecified atom stereocenters. The predicted octanol–water partition coefficient (Wildman–Crippen LogP) is 2.39. The second-order valence-electron chi connectivity index (χ2n) is 8.27. The Hall–Kier alpha value is -2.44. The molecule has 2 aliphatic rings. The molecule has 7 nitrogen and oxygen atoms in total. The molecule has 3 heterocycles. The predicted molar refractivity (Wildman–Crippen MR) is 106 cm³/mol. The minimum atomic E-state index is -0.0391. The van der Waals surface area contributed by atoms with Crippen LogP contribution in [-0.4, -0.2) is 53.2 Å². The molecular weight excluding hydrogens is 340 g/mol. The van der Waals surface area contributed by atoms with Crippen LogP contribution in [0.25, 0.3) is 0 Å². The monoisotopic (exact) mass is 368 g/mol. The van der Waals surface area contributed by atoms with Crippen molar-refractivity contribution in [2.45, 2.75) is 45.4 Å². The van der Waals surface area contributed by atoms with Gasteiger partial charge in [0.2, 0.25) is 11.8 Å². The first-order valence-corrected chi connectivity index (χ1v) is 9.73. The second kappa shape index (κ2) is 6.94. The molecule has 7 heteroatoms. The lowest BCUT2D eigenvalue weighted by molar-refractivity contribution is 0.396. The molecule has 0 radical (unpaired) electrons.